The molecular formula is C5H12N2O4S. The molecule has 7 heteroatoms. The van der Waals surface area contributed by atoms with Gasteiger partial charge in [0.25, 0.3) is 0 Å². The van der Waals surface area contributed by atoms with E-state index in [4.69, 9.17) is 5.73 Å². The fourth-order valence-electron chi connectivity index (χ4n) is 0.553. The molecule has 6 nitrogen and oxygen atoms in total. The molecule has 0 aliphatic rings. The van der Waals surface area contributed by atoms with Gasteiger partial charge in [0.1, 0.15) is 0 Å². The van der Waals surface area contributed by atoms with Crippen molar-refractivity contribution in [2.75, 3.05) is 6.54 Å². The lowest BCUT2D eigenvalue weighted by Crippen LogP contribution is -2.18. The van der Waals surface area contributed by atoms with Crippen molar-refractivity contribution in [1.29, 1.82) is 0 Å². The number of nitrogens with two attached hydrogens (primary N) is 1. The van der Waals surface area contributed by atoms with E-state index in [1.165, 1.54) is 0 Å². The minimum Gasteiger partial charge on any atom is -0.356 e. The molecule has 0 bridgehead atoms. The highest BCUT2D eigenvalue weighted by atomic mass is 32.2. The molecule has 0 fully saturated rings. The lowest BCUT2D eigenvalue weighted by molar-refractivity contribution is -0.147. The molecule has 0 aliphatic heterocycles. The van der Waals surface area contributed by atoms with E-state index in [0.29, 0.717) is 13.0 Å². The summed E-state index contributed by atoms with van der Waals surface area (Å²) in [5, 5.41) is 0. The largest absolute Gasteiger partial charge is 0.356 e. The molecule has 0 saturated heterocycles. The molecule has 0 heterocycles. The van der Waals surface area contributed by atoms with Crippen molar-refractivity contribution in [1.82, 2.24) is 4.89 Å². The standard InChI is InChI=1S/C5H12N2O4S/c6-4-2-1-3-5(8)11-7-12(9)10/h12H,1-4,6H2,(H,7,9,10). The van der Waals surface area contributed by atoms with E-state index < -0.39 is 16.9 Å². The molecule has 0 radical (unpaired) electrons. The van der Waals surface area contributed by atoms with Crippen LogP contribution in [0.25, 0.3) is 0 Å². The Morgan fingerprint density at radius 3 is 2.58 bits per heavy atom. The third-order valence-electron chi connectivity index (χ3n) is 1.07. The van der Waals surface area contributed by atoms with Gasteiger partial charge in [-0.25, -0.2) is 8.42 Å². The first kappa shape index (κ1) is 11.3. The van der Waals surface area contributed by atoms with Crippen molar-refractivity contribution in [2.45, 2.75) is 19.3 Å². The van der Waals surface area contributed by atoms with Crippen LogP contribution in [-0.4, -0.2) is 20.9 Å². The maximum absolute atomic E-state index is 10.6. The minimum atomic E-state index is -2.87. The molecule has 0 unspecified atom stereocenters. The van der Waals surface area contributed by atoms with E-state index in [1.54, 1.807) is 4.89 Å². The van der Waals surface area contributed by atoms with E-state index in [-0.39, 0.29) is 6.42 Å². The molecule has 0 spiro atoms. The van der Waals surface area contributed by atoms with Crippen molar-refractivity contribution in [3.05, 3.63) is 0 Å². The minimum absolute atomic E-state index is 0.174. The van der Waals surface area contributed by atoms with Gasteiger partial charge < -0.3 is 10.6 Å². The zero-order valence-electron chi connectivity index (χ0n) is 6.49. The summed E-state index contributed by atoms with van der Waals surface area (Å²) < 4.78 is 19.7. The summed E-state index contributed by atoms with van der Waals surface area (Å²) in [6, 6.07) is 0. The van der Waals surface area contributed by atoms with E-state index in [1.807, 2.05) is 0 Å². The zero-order valence-corrected chi connectivity index (χ0v) is 7.38. The predicted molar refractivity (Wildman–Crippen MR) is 42.4 cm³/mol. The fraction of sp³-hybridized carbons (Fsp3) is 0.800. The molecular weight excluding hydrogens is 184 g/mol. The van der Waals surface area contributed by atoms with Crippen LogP contribution in [0, 0.1) is 0 Å². The van der Waals surface area contributed by atoms with Gasteiger partial charge in [-0.2, -0.15) is 0 Å². The van der Waals surface area contributed by atoms with Crippen LogP contribution >= 0.6 is 0 Å². The van der Waals surface area contributed by atoms with E-state index >= 15 is 0 Å². The Hall–Kier alpha value is -0.660. The number of thiol groups is 1. The second kappa shape index (κ2) is 7.01. The molecule has 0 rings (SSSR count). The molecule has 3 N–H and O–H groups in total. The average molecular weight is 196 g/mol. The van der Waals surface area contributed by atoms with Crippen LogP contribution < -0.4 is 10.6 Å². The number of unbranched alkanes of at least 4 members (excludes halogenated alkanes) is 1. The Morgan fingerprint density at radius 1 is 1.42 bits per heavy atom. The first-order chi connectivity index (χ1) is 5.66. The smallest absolute Gasteiger partial charge is 0.326 e. The van der Waals surface area contributed by atoms with Crippen molar-refractivity contribution in [2.24, 2.45) is 5.73 Å². The molecule has 0 aliphatic carbocycles. The van der Waals surface area contributed by atoms with Crippen molar-refractivity contribution in [3.63, 3.8) is 0 Å². The Kier molecular flexibility index (Phi) is 6.63. The second-order valence-electron chi connectivity index (χ2n) is 2.07. The van der Waals surface area contributed by atoms with Crippen LogP contribution in [-0.2, 0) is 20.5 Å². The van der Waals surface area contributed by atoms with E-state index in [2.05, 4.69) is 4.84 Å². The van der Waals surface area contributed by atoms with Crippen LogP contribution in [0.1, 0.15) is 19.3 Å². The van der Waals surface area contributed by atoms with Gasteiger partial charge in [-0.15, -0.1) is 0 Å². The quantitative estimate of drug-likeness (QED) is 0.278. The van der Waals surface area contributed by atoms with E-state index in [0.717, 1.165) is 6.42 Å². The monoisotopic (exact) mass is 196 g/mol. The topological polar surface area (TPSA) is 98.5 Å². The van der Waals surface area contributed by atoms with Gasteiger partial charge >= 0.3 is 5.97 Å². The lowest BCUT2D eigenvalue weighted by atomic mass is 10.2. The number of carbonyl (C=O) groups excluding carboxylic acids is 1. The molecule has 0 aromatic rings. The summed E-state index contributed by atoms with van der Waals surface area (Å²) in [6.07, 6.45) is 1.50. The van der Waals surface area contributed by atoms with Crippen LogP contribution in [0.5, 0.6) is 0 Å². The maximum atomic E-state index is 10.6. The molecule has 72 valence electrons. The van der Waals surface area contributed by atoms with Crippen molar-refractivity contribution in [3.8, 4) is 0 Å². The summed E-state index contributed by atoms with van der Waals surface area (Å²) in [7, 11) is -2.87. The van der Waals surface area contributed by atoms with Gasteiger partial charge in [-0.1, -0.05) is 0 Å². The Labute approximate surface area is 72.1 Å². The lowest BCUT2D eigenvalue weighted by Gasteiger charge is -1.98. The number of nitrogens with one attached hydrogen (secondary N) is 1. The summed E-state index contributed by atoms with van der Waals surface area (Å²) in [4.78, 5) is 16.3. The maximum Gasteiger partial charge on any atom is 0.326 e. The van der Waals surface area contributed by atoms with Crippen molar-refractivity contribution >= 4 is 16.9 Å². The third-order valence-corrected chi connectivity index (χ3v) is 1.31. The summed E-state index contributed by atoms with van der Waals surface area (Å²) in [5.41, 5.74) is 5.17. The van der Waals surface area contributed by atoms with Gasteiger partial charge in [0.05, 0.1) is 0 Å². The van der Waals surface area contributed by atoms with Crippen LogP contribution in [0.4, 0.5) is 0 Å². The molecule has 0 atom stereocenters. The third kappa shape index (κ3) is 7.45. The first-order valence-electron chi connectivity index (χ1n) is 3.46. The molecule has 0 aromatic heterocycles. The van der Waals surface area contributed by atoms with Gasteiger partial charge in [0.2, 0.25) is 10.9 Å². The van der Waals surface area contributed by atoms with E-state index in [9.17, 15) is 13.2 Å². The normalized spacial score (nSPS) is 10.2. The molecule has 12 heavy (non-hydrogen) atoms. The Bertz CT molecular complexity index is 196. The van der Waals surface area contributed by atoms with Gasteiger partial charge in [0.15, 0.2) is 0 Å². The predicted octanol–water partition coefficient (Wildman–Crippen LogP) is -1.31. The van der Waals surface area contributed by atoms with Crippen LogP contribution in [0.2, 0.25) is 0 Å². The number of hydrogen-bond acceptors (Lipinski definition) is 5. The summed E-state index contributed by atoms with van der Waals surface area (Å²) >= 11 is 0. The number of rotatable bonds is 6. The highest BCUT2D eigenvalue weighted by molar-refractivity contribution is 7.70. The Balaban J connectivity index is 3.34. The molecule has 0 saturated carbocycles. The molecule has 0 aromatic carbocycles. The van der Waals surface area contributed by atoms with Gasteiger partial charge in [-0.05, 0) is 24.3 Å². The highest BCUT2D eigenvalue weighted by Crippen LogP contribution is 1.94. The van der Waals surface area contributed by atoms with Crippen LogP contribution in [0.3, 0.4) is 0 Å². The molecule has 0 amide bonds. The van der Waals surface area contributed by atoms with Gasteiger partial charge in [0, 0.05) is 6.42 Å². The number of hydrogen-bond donors (Lipinski definition) is 3. The van der Waals surface area contributed by atoms with Gasteiger partial charge in [-0.3, -0.25) is 4.79 Å². The first-order valence-corrected chi connectivity index (χ1v) is 4.64. The Morgan fingerprint density at radius 2 is 2.08 bits per heavy atom. The SMILES string of the molecule is NCCCCC(=O)ON[SH](=O)=O. The second-order valence-corrected chi connectivity index (χ2v) is 2.77. The summed E-state index contributed by atoms with van der Waals surface area (Å²) in [5.74, 6) is -0.595. The van der Waals surface area contributed by atoms with Crippen molar-refractivity contribution < 1.29 is 18.0 Å². The fourth-order valence-corrected chi connectivity index (χ4v) is 0.729. The average Bonchev–Trinajstić information content (AvgIpc) is 2.01. The highest BCUT2D eigenvalue weighted by Gasteiger charge is 2.01. The van der Waals surface area contributed by atoms with Crippen LogP contribution in [0.15, 0.2) is 0 Å². The number of carbonyl (C=O) groups is 1. The summed E-state index contributed by atoms with van der Waals surface area (Å²) in [6.45, 7) is 0.510. The zero-order chi connectivity index (χ0) is 9.40.